The van der Waals surface area contributed by atoms with Gasteiger partial charge in [-0.3, -0.25) is 4.79 Å². The van der Waals surface area contributed by atoms with Crippen molar-refractivity contribution in [1.29, 1.82) is 0 Å². The first-order valence-electron chi connectivity index (χ1n) is 4.84. The van der Waals surface area contributed by atoms with E-state index in [1.807, 2.05) is 0 Å². The molecule has 2 rings (SSSR count). The number of carbonyl (C=O) groups excluding carboxylic acids is 1. The highest BCUT2D eigenvalue weighted by atomic mass is 32.2. The van der Waals surface area contributed by atoms with E-state index in [0.717, 1.165) is 0 Å². The minimum Gasteiger partial charge on any atom is -0.315 e. The smallest absolute Gasteiger partial charge is 0.240 e. The van der Waals surface area contributed by atoms with Gasteiger partial charge in [-0.2, -0.15) is 0 Å². The van der Waals surface area contributed by atoms with Crippen LogP contribution in [0.2, 0.25) is 0 Å². The van der Waals surface area contributed by atoms with E-state index in [9.17, 15) is 13.2 Å². The minimum atomic E-state index is -3.67. The molecule has 0 saturated carbocycles. The van der Waals surface area contributed by atoms with Crippen LogP contribution in [0.25, 0.3) is 0 Å². The first-order chi connectivity index (χ1) is 8.07. The van der Waals surface area contributed by atoms with Crippen LogP contribution in [0.5, 0.6) is 0 Å². The molecule has 2 aromatic rings. The van der Waals surface area contributed by atoms with E-state index in [-0.39, 0.29) is 15.7 Å². The van der Waals surface area contributed by atoms with Gasteiger partial charge in [0.2, 0.25) is 15.0 Å². The molecule has 0 N–H and O–H groups in total. The zero-order valence-electron chi connectivity index (χ0n) is 9.07. The van der Waals surface area contributed by atoms with Gasteiger partial charge in [0.1, 0.15) is 5.69 Å². The van der Waals surface area contributed by atoms with E-state index in [1.54, 1.807) is 18.2 Å². The van der Waals surface area contributed by atoms with E-state index in [1.165, 1.54) is 29.9 Å². The first-order valence-corrected chi connectivity index (χ1v) is 6.32. The molecule has 0 saturated heterocycles. The lowest BCUT2D eigenvalue weighted by Crippen LogP contribution is -2.10. The van der Waals surface area contributed by atoms with Crippen LogP contribution in [0.4, 0.5) is 0 Å². The van der Waals surface area contributed by atoms with Gasteiger partial charge in [-0.15, -0.1) is 0 Å². The lowest BCUT2D eigenvalue weighted by Gasteiger charge is -2.04. The second kappa shape index (κ2) is 4.14. The lowest BCUT2D eigenvalue weighted by molar-refractivity contribution is 0.111. The fourth-order valence-corrected chi connectivity index (χ4v) is 2.85. The molecule has 0 bridgehead atoms. The second-order valence-electron chi connectivity index (χ2n) is 3.46. The Labute approximate surface area is 98.6 Å². The molecule has 5 nitrogen and oxygen atoms in total. The number of hydrogen-bond acceptors (Lipinski definition) is 4. The van der Waals surface area contributed by atoms with Crippen LogP contribution in [-0.2, 0) is 16.9 Å². The van der Waals surface area contributed by atoms with Crippen LogP contribution >= 0.6 is 0 Å². The third-order valence-electron chi connectivity index (χ3n) is 2.40. The molecule has 0 fully saturated rings. The molecule has 17 heavy (non-hydrogen) atoms. The van der Waals surface area contributed by atoms with Crippen molar-refractivity contribution in [3.8, 4) is 0 Å². The van der Waals surface area contributed by atoms with Crippen molar-refractivity contribution in [1.82, 2.24) is 9.55 Å². The Morgan fingerprint density at radius 2 is 1.88 bits per heavy atom. The van der Waals surface area contributed by atoms with Crippen molar-refractivity contribution in [3.63, 3.8) is 0 Å². The Morgan fingerprint density at radius 3 is 2.41 bits per heavy atom. The molecule has 88 valence electrons. The number of aldehydes is 1. The number of aromatic nitrogens is 2. The number of carbonyl (C=O) groups is 1. The van der Waals surface area contributed by atoms with Gasteiger partial charge in [-0.1, -0.05) is 18.2 Å². The first kappa shape index (κ1) is 11.5. The van der Waals surface area contributed by atoms with Crippen LogP contribution in [-0.4, -0.2) is 24.3 Å². The summed E-state index contributed by atoms with van der Waals surface area (Å²) in [4.78, 5) is 14.6. The molecule has 0 aliphatic carbocycles. The van der Waals surface area contributed by atoms with Crippen LogP contribution in [0.3, 0.4) is 0 Å². The van der Waals surface area contributed by atoms with Crippen LogP contribution < -0.4 is 0 Å². The number of benzene rings is 1. The van der Waals surface area contributed by atoms with E-state index < -0.39 is 9.84 Å². The SMILES string of the molecule is Cn1c(C=O)cnc1S(=O)(=O)c1ccccc1. The summed E-state index contributed by atoms with van der Waals surface area (Å²) >= 11 is 0. The Balaban J connectivity index is 2.60. The summed E-state index contributed by atoms with van der Waals surface area (Å²) < 4.78 is 25.6. The summed E-state index contributed by atoms with van der Waals surface area (Å²) in [7, 11) is -2.17. The minimum absolute atomic E-state index is 0.134. The van der Waals surface area contributed by atoms with E-state index in [0.29, 0.717) is 6.29 Å². The van der Waals surface area contributed by atoms with Crippen LogP contribution in [0.1, 0.15) is 10.5 Å². The van der Waals surface area contributed by atoms with Gasteiger partial charge >= 0.3 is 0 Å². The highest BCUT2D eigenvalue weighted by Gasteiger charge is 2.23. The molecule has 0 amide bonds. The molecule has 6 heteroatoms. The summed E-state index contributed by atoms with van der Waals surface area (Å²) in [5.41, 5.74) is 0.222. The standard InChI is InChI=1S/C11H10N2O3S/c1-13-9(8-14)7-12-11(13)17(15,16)10-5-3-2-4-6-10/h2-8H,1H3. The number of rotatable bonds is 3. The highest BCUT2D eigenvalue weighted by molar-refractivity contribution is 7.91. The Bertz CT molecular complexity index is 645. The lowest BCUT2D eigenvalue weighted by atomic mass is 10.4. The zero-order chi connectivity index (χ0) is 12.5. The fraction of sp³-hybridized carbons (Fsp3) is 0.0909. The molecule has 0 aliphatic rings. The molecule has 0 unspecified atom stereocenters. The highest BCUT2D eigenvalue weighted by Crippen LogP contribution is 2.19. The summed E-state index contributed by atoms with van der Waals surface area (Å²) in [6, 6.07) is 7.98. The Kier molecular flexibility index (Phi) is 2.81. The summed E-state index contributed by atoms with van der Waals surface area (Å²) in [5, 5.41) is -0.134. The van der Waals surface area contributed by atoms with Gasteiger partial charge in [0.05, 0.1) is 11.1 Å². The maximum absolute atomic E-state index is 12.2. The largest absolute Gasteiger partial charge is 0.315 e. The quantitative estimate of drug-likeness (QED) is 0.764. The molecule has 0 spiro atoms. The number of imidazole rings is 1. The molecule has 0 aliphatic heterocycles. The summed E-state index contributed by atoms with van der Waals surface area (Å²) in [6.07, 6.45) is 1.81. The Morgan fingerprint density at radius 1 is 1.24 bits per heavy atom. The van der Waals surface area contributed by atoms with Gasteiger partial charge in [-0.05, 0) is 12.1 Å². The molecule has 1 heterocycles. The van der Waals surface area contributed by atoms with Crippen LogP contribution in [0.15, 0.2) is 46.6 Å². The predicted octanol–water partition coefficient (Wildman–Crippen LogP) is 1.07. The van der Waals surface area contributed by atoms with Gasteiger partial charge in [-0.25, -0.2) is 13.4 Å². The Hall–Kier alpha value is -1.95. The summed E-state index contributed by atoms with van der Waals surface area (Å²) in [6.45, 7) is 0. The van der Waals surface area contributed by atoms with Gasteiger partial charge in [0, 0.05) is 7.05 Å². The van der Waals surface area contributed by atoms with Crippen LogP contribution in [0, 0.1) is 0 Å². The molecule has 0 atom stereocenters. The predicted molar refractivity (Wildman–Crippen MR) is 60.5 cm³/mol. The molecule has 1 aromatic carbocycles. The third-order valence-corrected chi connectivity index (χ3v) is 4.15. The average molecular weight is 250 g/mol. The van der Waals surface area contributed by atoms with Crippen molar-refractivity contribution >= 4 is 16.1 Å². The van der Waals surface area contributed by atoms with E-state index in [2.05, 4.69) is 4.98 Å². The van der Waals surface area contributed by atoms with Gasteiger partial charge in [0.15, 0.2) is 6.29 Å². The second-order valence-corrected chi connectivity index (χ2v) is 5.30. The number of sulfone groups is 1. The van der Waals surface area contributed by atoms with Crippen molar-refractivity contribution in [2.24, 2.45) is 7.05 Å². The fourth-order valence-electron chi connectivity index (χ4n) is 1.47. The zero-order valence-corrected chi connectivity index (χ0v) is 9.89. The third kappa shape index (κ3) is 1.87. The maximum Gasteiger partial charge on any atom is 0.240 e. The number of nitrogens with zero attached hydrogens (tertiary/aromatic N) is 2. The number of hydrogen-bond donors (Lipinski definition) is 0. The van der Waals surface area contributed by atoms with Crippen molar-refractivity contribution < 1.29 is 13.2 Å². The van der Waals surface area contributed by atoms with Crippen molar-refractivity contribution in [2.75, 3.05) is 0 Å². The molecular formula is C11H10N2O3S. The topological polar surface area (TPSA) is 69.0 Å². The van der Waals surface area contributed by atoms with Gasteiger partial charge < -0.3 is 4.57 Å². The van der Waals surface area contributed by atoms with Gasteiger partial charge in [0.25, 0.3) is 0 Å². The molecule has 1 aromatic heterocycles. The normalized spacial score (nSPS) is 11.4. The average Bonchev–Trinajstić information content (AvgIpc) is 2.72. The maximum atomic E-state index is 12.2. The molecule has 0 radical (unpaired) electrons. The summed E-state index contributed by atoms with van der Waals surface area (Å²) in [5.74, 6) is 0. The van der Waals surface area contributed by atoms with E-state index >= 15 is 0 Å². The van der Waals surface area contributed by atoms with E-state index in [4.69, 9.17) is 0 Å². The monoisotopic (exact) mass is 250 g/mol. The molecular weight excluding hydrogens is 240 g/mol. The van der Waals surface area contributed by atoms with Crippen molar-refractivity contribution in [3.05, 3.63) is 42.2 Å². The van der Waals surface area contributed by atoms with Crippen molar-refractivity contribution in [2.45, 2.75) is 10.1 Å².